The molecule has 6 heteroatoms. The van der Waals surface area contributed by atoms with E-state index >= 15 is 0 Å². The molecule has 1 aliphatic heterocycles. The molecule has 1 aromatic heterocycles. The van der Waals surface area contributed by atoms with Crippen molar-refractivity contribution in [2.24, 2.45) is 7.05 Å². The molecule has 2 rings (SSSR count). The van der Waals surface area contributed by atoms with Gasteiger partial charge in [0.1, 0.15) is 4.60 Å². The lowest BCUT2D eigenvalue weighted by atomic mass is 10.1. The van der Waals surface area contributed by atoms with Crippen molar-refractivity contribution in [3.63, 3.8) is 0 Å². The fourth-order valence-corrected chi connectivity index (χ4v) is 2.19. The highest BCUT2D eigenvalue weighted by atomic mass is 79.9. The fraction of sp³-hybridized carbons (Fsp3) is 0.600. The van der Waals surface area contributed by atoms with Gasteiger partial charge in [-0.1, -0.05) is 0 Å². The average molecular weight is 287 g/mol. The summed E-state index contributed by atoms with van der Waals surface area (Å²) in [5, 5.41) is 10.3. The van der Waals surface area contributed by atoms with Crippen molar-refractivity contribution in [2.45, 2.75) is 18.9 Å². The normalized spacial score (nSPS) is 20.8. The van der Waals surface area contributed by atoms with Crippen LogP contribution >= 0.6 is 15.9 Å². The first kappa shape index (κ1) is 11.6. The summed E-state index contributed by atoms with van der Waals surface area (Å²) in [6.45, 7) is 1.90. The Kier molecular flexibility index (Phi) is 3.60. The fourth-order valence-electron chi connectivity index (χ4n) is 1.81. The van der Waals surface area contributed by atoms with Crippen LogP contribution in [0.2, 0.25) is 0 Å². The molecule has 5 nitrogen and oxygen atoms in total. The van der Waals surface area contributed by atoms with Crippen molar-refractivity contribution in [1.82, 2.24) is 20.4 Å². The maximum absolute atomic E-state index is 11.9. The largest absolute Gasteiger partial charge is 0.348 e. The van der Waals surface area contributed by atoms with Gasteiger partial charge in [0.05, 0.1) is 11.8 Å². The second-order valence-corrected chi connectivity index (χ2v) is 4.74. The Morgan fingerprint density at radius 3 is 3.12 bits per heavy atom. The van der Waals surface area contributed by atoms with Crippen molar-refractivity contribution < 1.29 is 4.79 Å². The molecule has 2 N–H and O–H groups in total. The predicted molar refractivity (Wildman–Crippen MR) is 64.3 cm³/mol. The quantitative estimate of drug-likeness (QED) is 0.840. The number of nitrogens with zero attached hydrogens (tertiary/aromatic N) is 2. The van der Waals surface area contributed by atoms with Gasteiger partial charge in [-0.2, -0.15) is 5.10 Å². The number of amides is 1. The monoisotopic (exact) mass is 286 g/mol. The number of rotatable bonds is 2. The standard InChI is InChI=1S/C10H15BrN4O/c1-15-9(11)8(6-13-15)10(16)14-7-3-2-4-12-5-7/h6-7,12H,2-5H2,1H3,(H,14,16). The zero-order chi connectivity index (χ0) is 11.5. The van der Waals surface area contributed by atoms with E-state index < -0.39 is 0 Å². The van der Waals surface area contributed by atoms with Crippen LogP contribution in [0, 0.1) is 0 Å². The minimum atomic E-state index is -0.0614. The SMILES string of the molecule is Cn1ncc(C(=O)NC2CCCNC2)c1Br. The van der Waals surface area contributed by atoms with E-state index in [9.17, 15) is 4.79 Å². The van der Waals surface area contributed by atoms with Gasteiger partial charge in [0.25, 0.3) is 5.91 Å². The number of carbonyl (C=O) groups is 1. The molecule has 2 heterocycles. The van der Waals surface area contributed by atoms with E-state index in [0.717, 1.165) is 25.9 Å². The zero-order valence-electron chi connectivity index (χ0n) is 9.16. The summed E-state index contributed by atoms with van der Waals surface area (Å²) in [4.78, 5) is 11.9. The lowest BCUT2D eigenvalue weighted by molar-refractivity contribution is 0.0930. The number of aromatic nitrogens is 2. The van der Waals surface area contributed by atoms with Gasteiger partial charge < -0.3 is 10.6 Å². The van der Waals surface area contributed by atoms with Gasteiger partial charge in [0.2, 0.25) is 0 Å². The van der Waals surface area contributed by atoms with E-state index in [1.807, 2.05) is 0 Å². The van der Waals surface area contributed by atoms with E-state index in [-0.39, 0.29) is 11.9 Å². The topological polar surface area (TPSA) is 59.0 Å². The van der Waals surface area contributed by atoms with Gasteiger partial charge in [0, 0.05) is 19.6 Å². The minimum Gasteiger partial charge on any atom is -0.348 e. The van der Waals surface area contributed by atoms with Crippen LogP contribution in [0.1, 0.15) is 23.2 Å². The van der Waals surface area contributed by atoms with Crippen LogP contribution in [0.15, 0.2) is 10.8 Å². The lowest BCUT2D eigenvalue weighted by Crippen LogP contribution is -2.45. The van der Waals surface area contributed by atoms with Crippen LogP contribution in [0.4, 0.5) is 0 Å². The minimum absolute atomic E-state index is 0.0614. The van der Waals surface area contributed by atoms with Crippen molar-refractivity contribution in [1.29, 1.82) is 0 Å². The van der Waals surface area contributed by atoms with Crippen molar-refractivity contribution in [3.05, 3.63) is 16.4 Å². The molecule has 0 radical (unpaired) electrons. The molecule has 0 spiro atoms. The highest BCUT2D eigenvalue weighted by Crippen LogP contribution is 2.15. The third-order valence-electron chi connectivity index (χ3n) is 2.74. The summed E-state index contributed by atoms with van der Waals surface area (Å²) in [5.41, 5.74) is 0.591. The number of nitrogens with one attached hydrogen (secondary N) is 2. The van der Waals surface area contributed by atoms with E-state index in [0.29, 0.717) is 10.2 Å². The highest BCUT2D eigenvalue weighted by molar-refractivity contribution is 9.10. The molecular formula is C10H15BrN4O. The summed E-state index contributed by atoms with van der Waals surface area (Å²) in [6.07, 6.45) is 3.73. The van der Waals surface area contributed by atoms with E-state index in [1.165, 1.54) is 0 Å². The van der Waals surface area contributed by atoms with Crippen LogP contribution in [-0.4, -0.2) is 34.8 Å². The molecule has 1 amide bonds. The lowest BCUT2D eigenvalue weighted by Gasteiger charge is -2.23. The van der Waals surface area contributed by atoms with Gasteiger partial charge in [-0.05, 0) is 35.3 Å². The first-order valence-electron chi connectivity index (χ1n) is 5.37. The number of hydrogen-bond acceptors (Lipinski definition) is 3. The molecule has 1 aliphatic rings. The molecule has 0 aliphatic carbocycles. The number of aryl methyl sites for hydroxylation is 1. The number of halogens is 1. The molecule has 88 valence electrons. The average Bonchev–Trinajstić information content (AvgIpc) is 2.61. The first-order chi connectivity index (χ1) is 7.68. The Labute approximate surface area is 103 Å². The van der Waals surface area contributed by atoms with Crippen LogP contribution in [0.5, 0.6) is 0 Å². The van der Waals surface area contributed by atoms with Crippen molar-refractivity contribution >= 4 is 21.8 Å². The van der Waals surface area contributed by atoms with Gasteiger partial charge in [-0.3, -0.25) is 9.48 Å². The molecule has 16 heavy (non-hydrogen) atoms. The third kappa shape index (κ3) is 2.44. The molecule has 0 bridgehead atoms. The summed E-state index contributed by atoms with van der Waals surface area (Å²) in [5.74, 6) is -0.0614. The Morgan fingerprint density at radius 1 is 1.75 bits per heavy atom. The Hall–Kier alpha value is -0.880. The van der Waals surface area contributed by atoms with Crippen LogP contribution < -0.4 is 10.6 Å². The second-order valence-electron chi connectivity index (χ2n) is 3.99. The zero-order valence-corrected chi connectivity index (χ0v) is 10.7. The maximum Gasteiger partial charge on any atom is 0.255 e. The van der Waals surface area contributed by atoms with Crippen LogP contribution in [-0.2, 0) is 7.05 Å². The molecule has 1 unspecified atom stereocenters. The Balaban J connectivity index is 1.99. The number of carbonyl (C=O) groups excluding carboxylic acids is 1. The van der Waals surface area contributed by atoms with Crippen molar-refractivity contribution in [3.8, 4) is 0 Å². The van der Waals surface area contributed by atoms with Crippen LogP contribution in [0.25, 0.3) is 0 Å². The molecule has 1 aromatic rings. The molecule has 0 aromatic carbocycles. The predicted octanol–water partition coefficient (Wildman–Crippen LogP) is 0.664. The summed E-state index contributed by atoms with van der Waals surface area (Å²) in [7, 11) is 1.79. The summed E-state index contributed by atoms with van der Waals surface area (Å²) in [6, 6.07) is 0.230. The van der Waals surface area contributed by atoms with E-state index in [4.69, 9.17) is 0 Å². The number of piperidine rings is 1. The first-order valence-corrected chi connectivity index (χ1v) is 6.17. The van der Waals surface area contributed by atoms with E-state index in [2.05, 4.69) is 31.7 Å². The second kappa shape index (κ2) is 4.97. The van der Waals surface area contributed by atoms with Crippen molar-refractivity contribution in [2.75, 3.05) is 13.1 Å². The van der Waals surface area contributed by atoms with Gasteiger partial charge in [0.15, 0.2) is 0 Å². The third-order valence-corrected chi connectivity index (χ3v) is 3.68. The van der Waals surface area contributed by atoms with Gasteiger partial charge in [-0.15, -0.1) is 0 Å². The Morgan fingerprint density at radius 2 is 2.56 bits per heavy atom. The van der Waals surface area contributed by atoms with Crippen LogP contribution in [0.3, 0.4) is 0 Å². The molecule has 1 atom stereocenters. The molecular weight excluding hydrogens is 272 g/mol. The molecule has 0 saturated carbocycles. The maximum atomic E-state index is 11.9. The molecule has 1 fully saturated rings. The summed E-state index contributed by atoms with van der Waals surface area (Å²) >= 11 is 3.34. The van der Waals surface area contributed by atoms with Gasteiger partial charge >= 0.3 is 0 Å². The van der Waals surface area contributed by atoms with E-state index in [1.54, 1.807) is 17.9 Å². The number of hydrogen-bond donors (Lipinski definition) is 2. The smallest absolute Gasteiger partial charge is 0.255 e. The Bertz CT molecular complexity index is 384. The highest BCUT2D eigenvalue weighted by Gasteiger charge is 2.19. The molecule has 1 saturated heterocycles. The summed E-state index contributed by atoms with van der Waals surface area (Å²) < 4.78 is 2.35. The van der Waals surface area contributed by atoms with Gasteiger partial charge in [-0.25, -0.2) is 0 Å².